The zero-order chi connectivity index (χ0) is 13.2. The fraction of sp³-hybridized carbons (Fsp3) is 0.250. The lowest BCUT2D eigenvalue weighted by atomic mass is 10.1. The van der Waals surface area contributed by atoms with Gasteiger partial charge in [-0.05, 0) is 37.7 Å². The summed E-state index contributed by atoms with van der Waals surface area (Å²) in [7, 11) is 0. The summed E-state index contributed by atoms with van der Waals surface area (Å²) in [6.07, 6.45) is 0. The maximum absolute atomic E-state index is 5.92. The van der Waals surface area contributed by atoms with Gasteiger partial charge < -0.3 is 14.2 Å². The third kappa shape index (κ3) is 2.29. The second kappa shape index (κ2) is 4.94. The quantitative estimate of drug-likeness (QED) is 0.764. The number of furan rings is 2. The molecule has 3 nitrogen and oxygen atoms in total. The molecule has 1 N–H and O–H groups in total. The Balaban J connectivity index is 2.03. The molecule has 3 aromatic rings. The first-order valence-electron chi connectivity index (χ1n) is 6.56. The zero-order valence-electron chi connectivity index (χ0n) is 11.1. The fourth-order valence-corrected chi connectivity index (χ4v) is 2.30. The molecule has 0 aliphatic carbocycles. The molecule has 0 amide bonds. The molecule has 1 aromatic carbocycles. The maximum Gasteiger partial charge on any atom is 0.134 e. The van der Waals surface area contributed by atoms with Gasteiger partial charge in [0.25, 0.3) is 0 Å². The van der Waals surface area contributed by atoms with E-state index in [9.17, 15) is 0 Å². The highest BCUT2D eigenvalue weighted by Gasteiger charge is 2.20. The molecular formula is C16H17NO2. The van der Waals surface area contributed by atoms with Crippen LogP contribution >= 0.6 is 0 Å². The van der Waals surface area contributed by atoms with Crippen molar-refractivity contribution in [3.05, 3.63) is 59.7 Å². The Morgan fingerprint density at radius 3 is 2.58 bits per heavy atom. The number of hydrogen-bond donors (Lipinski definition) is 1. The van der Waals surface area contributed by atoms with Crippen LogP contribution in [0.15, 0.2) is 51.3 Å². The van der Waals surface area contributed by atoms with Gasteiger partial charge in [-0.1, -0.05) is 25.1 Å². The summed E-state index contributed by atoms with van der Waals surface area (Å²) < 4.78 is 11.7. The molecule has 2 aromatic heterocycles. The van der Waals surface area contributed by atoms with Crippen LogP contribution in [0.5, 0.6) is 0 Å². The molecule has 0 saturated heterocycles. The van der Waals surface area contributed by atoms with E-state index in [1.165, 1.54) is 0 Å². The van der Waals surface area contributed by atoms with E-state index in [0.29, 0.717) is 0 Å². The summed E-state index contributed by atoms with van der Waals surface area (Å²) in [6.45, 7) is 4.87. The fourth-order valence-electron chi connectivity index (χ4n) is 2.30. The van der Waals surface area contributed by atoms with E-state index in [-0.39, 0.29) is 6.04 Å². The molecule has 3 rings (SSSR count). The Morgan fingerprint density at radius 1 is 1.05 bits per heavy atom. The van der Waals surface area contributed by atoms with Gasteiger partial charge in [0, 0.05) is 5.39 Å². The van der Waals surface area contributed by atoms with Crippen molar-refractivity contribution in [2.45, 2.75) is 19.9 Å². The van der Waals surface area contributed by atoms with E-state index < -0.39 is 0 Å². The Kier molecular flexibility index (Phi) is 3.13. The Labute approximate surface area is 112 Å². The highest BCUT2D eigenvalue weighted by Crippen LogP contribution is 2.29. The lowest BCUT2D eigenvalue weighted by molar-refractivity contribution is 0.394. The van der Waals surface area contributed by atoms with Gasteiger partial charge in [-0.25, -0.2) is 0 Å². The molecule has 0 saturated carbocycles. The van der Waals surface area contributed by atoms with Gasteiger partial charge >= 0.3 is 0 Å². The van der Waals surface area contributed by atoms with Crippen molar-refractivity contribution >= 4 is 11.0 Å². The second-order valence-electron chi connectivity index (χ2n) is 4.63. The van der Waals surface area contributed by atoms with Gasteiger partial charge in [-0.15, -0.1) is 0 Å². The van der Waals surface area contributed by atoms with Crippen molar-refractivity contribution < 1.29 is 8.83 Å². The Hall–Kier alpha value is -2.00. The molecule has 0 fully saturated rings. The van der Waals surface area contributed by atoms with Crippen molar-refractivity contribution in [3.8, 4) is 0 Å². The second-order valence-corrected chi connectivity index (χ2v) is 4.63. The highest BCUT2D eigenvalue weighted by molar-refractivity contribution is 5.77. The summed E-state index contributed by atoms with van der Waals surface area (Å²) in [5.74, 6) is 2.69. The first-order valence-corrected chi connectivity index (χ1v) is 6.56. The molecule has 3 heteroatoms. The molecular weight excluding hydrogens is 238 g/mol. The third-order valence-electron chi connectivity index (χ3n) is 3.18. The van der Waals surface area contributed by atoms with E-state index in [2.05, 4.69) is 24.4 Å². The van der Waals surface area contributed by atoms with Crippen LogP contribution in [0, 0.1) is 6.92 Å². The van der Waals surface area contributed by atoms with Crippen LogP contribution in [0.3, 0.4) is 0 Å². The van der Waals surface area contributed by atoms with Crippen molar-refractivity contribution in [3.63, 3.8) is 0 Å². The summed E-state index contributed by atoms with van der Waals surface area (Å²) in [5.41, 5.74) is 0.906. The highest BCUT2D eigenvalue weighted by atomic mass is 16.4. The monoisotopic (exact) mass is 255 g/mol. The molecule has 2 heterocycles. The smallest absolute Gasteiger partial charge is 0.134 e. The Bertz CT molecular complexity index is 648. The van der Waals surface area contributed by atoms with Crippen molar-refractivity contribution in [1.29, 1.82) is 0 Å². The minimum atomic E-state index is -0.0360. The number of fused-ring (bicyclic) bond motifs is 1. The van der Waals surface area contributed by atoms with Crippen LogP contribution in [0.1, 0.15) is 30.2 Å². The number of hydrogen-bond acceptors (Lipinski definition) is 3. The van der Waals surface area contributed by atoms with E-state index >= 15 is 0 Å². The van der Waals surface area contributed by atoms with E-state index in [1.807, 2.05) is 37.3 Å². The molecule has 1 atom stereocenters. The number of benzene rings is 1. The Morgan fingerprint density at radius 2 is 1.89 bits per heavy atom. The number of aryl methyl sites for hydroxylation is 1. The average Bonchev–Trinajstić information content (AvgIpc) is 3.01. The standard InChI is InChI=1S/C16H17NO2/c1-3-17-16(14-9-8-11(2)18-14)15-10-12-6-4-5-7-13(12)19-15/h4-10,16-17H,3H2,1-2H3. The van der Waals surface area contributed by atoms with Gasteiger partial charge in [-0.3, -0.25) is 0 Å². The lowest BCUT2D eigenvalue weighted by Crippen LogP contribution is -2.20. The van der Waals surface area contributed by atoms with Crippen molar-refractivity contribution in [1.82, 2.24) is 5.32 Å². The molecule has 0 aliphatic heterocycles. The van der Waals surface area contributed by atoms with Crippen LogP contribution in [0.4, 0.5) is 0 Å². The minimum Gasteiger partial charge on any atom is -0.464 e. The van der Waals surface area contributed by atoms with Crippen LogP contribution in [-0.2, 0) is 0 Å². The minimum absolute atomic E-state index is 0.0360. The summed E-state index contributed by atoms with van der Waals surface area (Å²) in [4.78, 5) is 0. The first-order chi connectivity index (χ1) is 9.28. The maximum atomic E-state index is 5.92. The molecule has 1 unspecified atom stereocenters. The molecule has 0 aliphatic rings. The lowest BCUT2D eigenvalue weighted by Gasteiger charge is -2.12. The largest absolute Gasteiger partial charge is 0.464 e. The average molecular weight is 255 g/mol. The number of nitrogens with one attached hydrogen (secondary N) is 1. The van der Waals surface area contributed by atoms with Gasteiger partial charge in [0.05, 0.1) is 0 Å². The number of rotatable bonds is 4. The molecule has 0 radical (unpaired) electrons. The van der Waals surface area contributed by atoms with Crippen LogP contribution in [0.25, 0.3) is 11.0 Å². The predicted octanol–water partition coefficient (Wildman–Crippen LogP) is 4.03. The van der Waals surface area contributed by atoms with E-state index in [1.54, 1.807) is 0 Å². The molecule has 0 bridgehead atoms. The van der Waals surface area contributed by atoms with Crippen LogP contribution in [-0.4, -0.2) is 6.54 Å². The summed E-state index contributed by atoms with van der Waals surface area (Å²) >= 11 is 0. The molecule has 98 valence electrons. The topological polar surface area (TPSA) is 38.3 Å². The van der Waals surface area contributed by atoms with E-state index in [4.69, 9.17) is 8.83 Å². The van der Waals surface area contributed by atoms with Gasteiger partial charge in [-0.2, -0.15) is 0 Å². The molecule has 19 heavy (non-hydrogen) atoms. The van der Waals surface area contributed by atoms with Crippen LogP contribution in [0.2, 0.25) is 0 Å². The predicted molar refractivity (Wildman–Crippen MR) is 75.2 cm³/mol. The van der Waals surface area contributed by atoms with Crippen molar-refractivity contribution in [2.75, 3.05) is 6.54 Å². The summed E-state index contributed by atoms with van der Waals surface area (Å²) in [5, 5.41) is 4.52. The van der Waals surface area contributed by atoms with E-state index in [0.717, 1.165) is 34.8 Å². The summed E-state index contributed by atoms with van der Waals surface area (Å²) in [6, 6.07) is 14.0. The van der Waals surface area contributed by atoms with Gasteiger partial charge in [0.2, 0.25) is 0 Å². The molecule has 0 spiro atoms. The first kappa shape index (κ1) is 12.1. The van der Waals surface area contributed by atoms with Gasteiger partial charge in [0.1, 0.15) is 28.9 Å². The zero-order valence-corrected chi connectivity index (χ0v) is 11.1. The van der Waals surface area contributed by atoms with Crippen LogP contribution < -0.4 is 5.32 Å². The normalized spacial score (nSPS) is 12.9. The number of para-hydroxylation sites is 1. The van der Waals surface area contributed by atoms with Crippen molar-refractivity contribution in [2.24, 2.45) is 0 Å². The SMILES string of the molecule is CCNC(c1ccc(C)o1)c1cc2ccccc2o1. The van der Waals surface area contributed by atoms with Gasteiger partial charge in [0.15, 0.2) is 0 Å². The third-order valence-corrected chi connectivity index (χ3v) is 3.18.